The van der Waals surface area contributed by atoms with Crippen molar-refractivity contribution >= 4 is 0 Å². The summed E-state index contributed by atoms with van der Waals surface area (Å²) >= 11 is 0. The van der Waals surface area contributed by atoms with Gasteiger partial charge in [-0.2, -0.15) is 0 Å². The molecule has 0 aliphatic carbocycles. The van der Waals surface area contributed by atoms with Crippen LogP contribution in [0.4, 0.5) is 0 Å². The highest BCUT2D eigenvalue weighted by Gasteiger charge is 2.27. The van der Waals surface area contributed by atoms with Crippen LogP contribution in [0, 0.1) is 5.41 Å². The molecule has 1 rings (SSSR count). The van der Waals surface area contributed by atoms with Crippen LogP contribution in [0.2, 0.25) is 0 Å². The largest absolute Gasteiger partial charge is 0.468 e. The Morgan fingerprint density at radius 2 is 2.13 bits per heavy atom. The number of furan rings is 1. The lowest BCUT2D eigenvalue weighted by atomic mass is 9.86. The molecule has 0 saturated heterocycles. The molecule has 0 aliphatic heterocycles. The van der Waals surface area contributed by atoms with E-state index >= 15 is 0 Å². The summed E-state index contributed by atoms with van der Waals surface area (Å²) in [5.74, 6) is 0.986. The Morgan fingerprint density at radius 3 is 2.53 bits per heavy atom. The van der Waals surface area contributed by atoms with Crippen LogP contribution in [0.25, 0.3) is 0 Å². The third-order valence-corrected chi connectivity index (χ3v) is 2.74. The summed E-state index contributed by atoms with van der Waals surface area (Å²) in [5, 5.41) is 0. The third kappa shape index (κ3) is 3.36. The van der Waals surface area contributed by atoms with Gasteiger partial charge in [0.05, 0.1) is 12.8 Å². The average Bonchev–Trinajstić information content (AvgIpc) is 2.54. The summed E-state index contributed by atoms with van der Waals surface area (Å²) in [7, 11) is 2.09. The highest BCUT2D eigenvalue weighted by molar-refractivity contribution is 4.98. The summed E-state index contributed by atoms with van der Waals surface area (Å²) in [5.41, 5.74) is 6.01. The van der Waals surface area contributed by atoms with Crippen molar-refractivity contribution < 1.29 is 4.42 Å². The summed E-state index contributed by atoms with van der Waals surface area (Å²) < 4.78 is 5.33. The van der Waals surface area contributed by atoms with Gasteiger partial charge in [0, 0.05) is 12.6 Å². The quantitative estimate of drug-likeness (QED) is 0.827. The fourth-order valence-corrected chi connectivity index (χ4v) is 1.95. The summed E-state index contributed by atoms with van der Waals surface area (Å²) in [4.78, 5) is 2.25. The first-order valence-electron chi connectivity index (χ1n) is 5.38. The lowest BCUT2D eigenvalue weighted by Gasteiger charge is -2.36. The van der Waals surface area contributed by atoms with Crippen LogP contribution in [0.3, 0.4) is 0 Å². The van der Waals surface area contributed by atoms with Gasteiger partial charge in [0.1, 0.15) is 5.76 Å². The first-order chi connectivity index (χ1) is 6.95. The lowest BCUT2D eigenvalue weighted by Crippen LogP contribution is -2.46. The standard InChI is InChI=1S/C12H22N2O/c1-12(2,3)11(8-13)14(4)9-10-6-5-7-15-10/h5-7,11H,8-9,13H2,1-4H3. The molecule has 0 saturated carbocycles. The van der Waals surface area contributed by atoms with Crippen LogP contribution in [-0.2, 0) is 6.54 Å². The normalized spacial score (nSPS) is 14.5. The fourth-order valence-electron chi connectivity index (χ4n) is 1.95. The number of hydrogen-bond donors (Lipinski definition) is 1. The van der Waals surface area contributed by atoms with Crippen molar-refractivity contribution in [3.8, 4) is 0 Å². The summed E-state index contributed by atoms with van der Waals surface area (Å²) in [6.07, 6.45) is 1.71. The maximum atomic E-state index is 5.82. The van der Waals surface area contributed by atoms with E-state index in [4.69, 9.17) is 10.2 Å². The Balaban J connectivity index is 2.62. The number of hydrogen-bond acceptors (Lipinski definition) is 3. The molecule has 1 unspecified atom stereocenters. The molecule has 0 fully saturated rings. The predicted molar refractivity (Wildman–Crippen MR) is 62.5 cm³/mol. The number of rotatable bonds is 4. The van der Waals surface area contributed by atoms with Gasteiger partial charge < -0.3 is 10.2 Å². The molecule has 0 aliphatic rings. The summed E-state index contributed by atoms with van der Waals surface area (Å²) in [6, 6.07) is 4.27. The molecular formula is C12H22N2O. The predicted octanol–water partition coefficient (Wildman–Crippen LogP) is 2.08. The second kappa shape index (κ2) is 4.81. The van der Waals surface area contributed by atoms with Crippen LogP contribution in [0.1, 0.15) is 26.5 Å². The van der Waals surface area contributed by atoms with Crippen LogP contribution >= 0.6 is 0 Å². The van der Waals surface area contributed by atoms with Crippen LogP contribution in [-0.4, -0.2) is 24.5 Å². The monoisotopic (exact) mass is 210 g/mol. The first kappa shape index (κ1) is 12.3. The molecule has 3 heteroatoms. The molecular weight excluding hydrogens is 188 g/mol. The molecule has 3 nitrogen and oxygen atoms in total. The zero-order valence-corrected chi connectivity index (χ0v) is 10.2. The van der Waals surface area contributed by atoms with E-state index in [0.29, 0.717) is 12.6 Å². The van der Waals surface area contributed by atoms with E-state index in [-0.39, 0.29) is 5.41 Å². The molecule has 0 bridgehead atoms. The van der Waals surface area contributed by atoms with Gasteiger partial charge in [-0.3, -0.25) is 4.90 Å². The SMILES string of the molecule is CN(Cc1ccco1)C(CN)C(C)(C)C. The van der Waals surface area contributed by atoms with Gasteiger partial charge in [-0.25, -0.2) is 0 Å². The number of likely N-dealkylation sites (N-methyl/N-ethyl adjacent to an activating group) is 1. The minimum absolute atomic E-state index is 0.191. The molecule has 1 heterocycles. The fraction of sp³-hybridized carbons (Fsp3) is 0.667. The van der Waals surface area contributed by atoms with Crippen molar-refractivity contribution in [2.45, 2.75) is 33.4 Å². The molecule has 1 aromatic heterocycles. The second-order valence-electron chi connectivity index (χ2n) is 5.11. The Labute approximate surface area is 92.2 Å². The van der Waals surface area contributed by atoms with E-state index in [2.05, 4.69) is 32.7 Å². The van der Waals surface area contributed by atoms with Crippen molar-refractivity contribution in [2.75, 3.05) is 13.6 Å². The Hall–Kier alpha value is -0.800. The lowest BCUT2D eigenvalue weighted by molar-refractivity contribution is 0.118. The summed E-state index contributed by atoms with van der Waals surface area (Å²) in [6.45, 7) is 8.11. The zero-order valence-electron chi connectivity index (χ0n) is 10.2. The minimum Gasteiger partial charge on any atom is -0.468 e. The smallest absolute Gasteiger partial charge is 0.117 e. The zero-order chi connectivity index (χ0) is 11.5. The van der Waals surface area contributed by atoms with Gasteiger partial charge in [0.2, 0.25) is 0 Å². The van der Waals surface area contributed by atoms with Crippen molar-refractivity contribution in [2.24, 2.45) is 11.1 Å². The maximum absolute atomic E-state index is 5.82. The highest BCUT2D eigenvalue weighted by atomic mass is 16.3. The number of nitrogens with zero attached hydrogens (tertiary/aromatic N) is 1. The molecule has 1 atom stereocenters. The molecule has 0 amide bonds. The first-order valence-corrected chi connectivity index (χ1v) is 5.38. The Bertz CT molecular complexity index is 274. The van der Waals surface area contributed by atoms with Crippen LogP contribution in [0.15, 0.2) is 22.8 Å². The van der Waals surface area contributed by atoms with Crippen LogP contribution in [0.5, 0.6) is 0 Å². The van der Waals surface area contributed by atoms with Crippen LogP contribution < -0.4 is 5.73 Å². The Morgan fingerprint density at radius 1 is 1.47 bits per heavy atom. The molecule has 1 aromatic rings. The van der Waals surface area contributed by atoms with E-state index in [1.807, 2.05) is 12.1 Å². The van der Waals surface area contributed by atoms with Crippen molar-refractivity contribution in [3.63, 3.8) is 0 Å². The maximum Gasteiger partial charge on any atom is 0.117 e. The van der Waals surface area contributed by atoms with E-state index in [9.17, 15) is 0 Å². The molecule has 86 valence electrons. The van der Waals surface area contributed by atoms with Gasteiger partial charge in [-0.05, 0) is 24.6 Å². The third-order valence-electron chi connectivity index (χ3n) is 2.74. The molecule has 0 spiro atoms. The van der Waals surface area contributed by atoms with Crippen molar-refractivity contribution in [1.82, 2.24) is 4.90 Å². The van der Waals surface area contributed by atoms with Gasteiger partial charge in [-0.15, -0.1) is 0 Å². The molecule has 0 aromatic carbocycles. The molecule has 2 N–H and O–H groups in total. The van der Waals surface area contributed by atoms with Crippen molar-refractivity contribution in [3.05, 3.63) is 24.2 Å². The number of nitrogens with two attached hydrogens (primary N) is 1. The minimum atomic E-state index is 0.191. The molecule has 0 radical (unpaired) electrons. The van der Waals surface area contributed by atoms with Gasteiger partial charge >= 0.3 is 0 Å². The second-order valence-corrected chi connectivity index (χ2v) is 5.11. The van der Waals surface area contributed by atoms with Gasteiger partial charge in [0.25, 0.3) is 0 Å². The van der Waals surface area contributed by atoms with E-state index < -0.39 is 0 Å². The van der Waals surface area contributed by atoms with Gasteiger partial charge in [0.15, 0.2) is 0 Å². The van der Waals surface area contributed by atoms with Gasteiger partial charge in [-0.1, -0.05) is 20.8 Å². The average molecular weight is 210 g/mol. The van der Waals surface area contributed by atoms with Crippen molar-refractivity contribution in [1.29, 1.82) is 0 Å². The van der Waals surface area contributed by atoms with E-state index in [1.165, 1.54) is 0 Å². The van der Waals surface area contributed by atoms with E-state index in [0.717, 1.165) is 12.3 Å². The van der Waals surface area contributed by atoms with E-state index in [1.54, 1.807) is 6.26 Å². The Kier molecular flexibility index (Phi) is 3.94. The topological polar surface area (TPSA) is 42.4 Å². The highest BCUT2D eigenvalue weighted by Crippen LogP contribution is 2.23. The molecule has 15 heavy (non-hydrogen) atoms.